The maximum absolute atomic E-state index is 9.40. The monoisotopic (exact) mass is 254 g/mol. The second-order valence-electron chi connectivity index (χ2n) is 5.30. The Hall–Kier alpha value is -1.89. The summed E-state index contributed by atoms with van der Waals surface area (Å²) in [6.07, 6.45) is 7.74. The molecular formula is C15H18N4. The van der Waals surface area contributed by atoms with Crippen LogP contribution in [0.4, 0.5) is 0 Å². The lowest BCUT2D eigenvalue weighted by Gasteiger charge is -2.25. The molecule has 4 heteroatoms. The second-order valence-corrected chi connectivity index (χ2v) is 5.30. The third-order valence-electron chi connectivity index (χ3n) is 4.17. The summed E-state index contributed by atoms with van der Waals surface area (Å²) in [5.41, 5.74) is 4.37. The van der Waals surface area contributed by atoms with E-state index < -0.39 is 0 Å². The number of nitrogens with zero attached hydrogens (tertiary/aromatic N) is 4. The van der Waals surface area contributed by atoms with Crippen LogP contribution < -0.4 is 0 Å². The molecule has 1 fully saturated rings. The fourth-order valence-corrected chi connectivity index (χ4v) is 3.22. The molecule has 1 aromatic rings. The van der Waals surface area contributed by atoms with E-state index in [2.05, 4.69) is 16.2 Å². The Labute approximate surface area is 113 Å². The van der Waals surface area contributed by atoms with Crippen LogP contribution in [0, 0.1) is 17.2 Å². The molecule has 19 heavy (non-hydrogen) atoms. The van der Waals surface area contributed by atoms with Crippen molar-refractivity contribution in [3.63, 3.8) is 0 Å². The Bertz CT molecular complexity index is 586. The first-order valence-electron chi connectivity index (χ1n) is 6.96. The van der Waals surface area contributed by atoms with Gasteiger partial charge in [0.2, 0.25) is 0 Å². The lowest BCUT2D eigenvalue weighted by molar-refractivity contribution is 0.655. The topological polar surface area (TPSA) is 54.0 Å². The minimum absolute atomic E-state index is 0.335. The SMILES string of the molecule is Cn1nccc1C1=C(C#N)CN=C2CCCCCC21. The predicted octanol–water partition coefficient (Wildman–Crippen LogP) is 2.73. The number of aliphatic imine (C=N–C) groups is 1. The molecule has 1 aliphatic carbocycles. The number of aryl methyl sites for hydroxylation is 1. The Morgan fingerprint density at radius 1 is 1.37 bits per heavy atom. The van der Waals surface area contributed by atoms with Crippen LogP contribution in [-0.2, 0) is 7.05 Å². The summed E-state index contributed by atoms with van der Waals surface area (Å²) in [6.45, 7) is 0.544. The number of hydrogen-bond acceptors (Lipinski definition) is 3. The van der Waals surface area contributed by atoms with Crippen LogP contribution in [0.3, 0.4) is 0 Å². The molecule has 1 unspecified atom stereocenters. The van der Waals surface area contributed by atoms with Crippen LogP contribution >= 0.6 is 0 Å². The molecule has 0 amide bonds. The van der Waals surface area contributed by atoms with Gasteiger partial charge in [-0.25, -0.2) is 0 Å². The molecule has 98 valence electrons. The first kappa shape index (κ1) is 12.2. The van der Waals surface area contributed by atoms with Gasteiger partial charge in [0.25, 0.3) is 0 Å². The number of nitriles is 1. The van der Waals surface area contributed by atoms with Crippen molar-refractivity contribution in [2.24, 2.45) is 18.0 Å². The van der Waals surface area contributed by atoms with Crippen molar-refractivity contribution in [3.05, 3.63) is 23.5 Å². The maximum Gasteiger partial charge on any atom is 0.0970 e. The van der Waals surface area contributed by atoms with Crippen LogP contribution in [0.15, 0.2) is 22.8 Å². The smallest absolute Gasteiger partial charge is 0.0970 e. The van der Waals surface area contributed by atoms with Gasteiger partial charge in [-0.15, -0.1) is 0 Å². The summed E-state index contributed by atoms with van der Waals surface area (Å²) < 4.78 is 1.88. The van der Waals surface area contributed by atoms with Gasteiger partial charge in [0.15, 0.2) is 0 Å². The molecule has 0 aromatic carbocycles. The quantitative estimate of drug-likeness (QED) is 0.773. The van der Waals surface area contributed by atoms with Crippen molar-refractivity contribution >= 4 is 11.3 Å². The van der Waals surface area contributed by atoms with Gasteiger partial charge in [-0.05, 0) is 25.3 Å². The lowest BCUT2D eigenvalue weighted by Crippen LogP contribution is -2.23. The third kappa shape index (κ3) is 2.10. The maximum atomic E-state index is 9.40. The Kier molecular flexibility index (Phi) is 3.20. The molecule has 4 nitrogen and oxygen atoms in total. The van der Waals surface area contributed by atoms with Gasteiger partial charge in [-0.3, -0.25) is 9.67 Å². The van der Waals surface area contributed by atoms with Crippen molar-refractivity contribution < 1.29 is 0 Å². The van der Waals surface area contributed by atoms with E-state index in [1.807, 2.05) is 17.8 Å². The van der Waals surface area contributed by atoms with Crippen LogP contribution in [0.2, 0.25) is 0 Å². The molecule has 0 saturated heterocycles. The predicted molar refractivity (Wildman–Crippen MR) is 74.6 cm³/mol. The molecule has 3 rings (SSSR count). The summed E-state index contributed by atoms with van der Waals surface area (Å²) in [6, 6.07) is 4.37. The highest BCUT2D eigenvalue weighted by Gasteiger charge is 2.30. The molecule has 0 bridgehead atoms. The minimum atomic E-state index is 0.335. The summed E-state index contributed by atoms with van der Waals surface area (Å²) in [7, 11) is 1.94. The van der Waals surface area contributed by atoms with Gasteiger partial charge in [-0.2, -0.15) is 10.4 Å². The Morgan fingerprint density at radius 2 is 2.26 bits per heavy atom. The molecule has 0 spiro atoms. The number of allylic oxidation sites excluding steroid dienone is 1. The van der Waals surface area contributed by atoms with Crippen LogP contribution in [0.25, 0.3) is 5.57 Å². The highest BCUT2D eigenvalue weighted by molar-refractivity contribution is 6.00. The van der Waals surface area contributed by atoms with Crippen LogP contribution in [-0.4, -0.2) is 22.0 Å². The third-order valence-corrected chi connectivity index (χ3v) is 4.17. The van der Waals surface area contributed by atoms with E-state index in [-0.39, 0.29) is 0 Å². The lowest BCUT2D eigenvalue weighted by atomic mass is 9.83. The normalized spacial score (nSPS) is 23.4. The zero-order valence-electron chi connectivity index (χ0n) is 11.3. The highest BCUT2D eigenvalue weighted by atomic mass is 15.3. The van der Waals surface area contributed by atoms with E-state index in [1.54, 1.807) is 6.20 Å². The summed E-state index contributed by atoms with van der Waals surface area (Å²) in [4.78, 5) is 4.66. The van der Waals surface area contributed by atoms with E-state index in [0.717, 1.165) is 24.1 Å². The average molecular weight is 254 g/mol. The van der Waals surface area contributed by atoms with Crippen LogP contribution in [0.5, 0.6) is 0 Å². The van der Waals surface area contributed by atoms with E-state index >= 15 is 0 Å². The zero-order chi connectivity index (χ0) is 13.2. The fraction of sp³-hybridized carbons (Fsp3) is 0.533. The number of rotatable bonds is 1. The highest BCUT2D eigenvalue weighted by Crippen LogP contribution is 2.37. The molecule has 2 heterocycles. The second kappa shape index (κ2) is 5.00. The summed E-state index contributed by atoms with van der Waals surface area (Å²) in [5, 5.41) is 13.7. The van der Waals surface area contributed by atoms with Gasteiger partial charge < -0.3 is 0 Å². The van der Waals surface area contributed by atoms with Crippen LogP contribution in [0.1, 0.15) is 37.8 Å². The van der Waals surface area contributed by atoms with E-state index in [1.165, 1.54) is 30.5 Å². The fourth-order valence-electron chi connectivity index (χ4n) is 3.22. The summed E-state index contributed by atoms with van der Waals surface area (Å²) >= 11 is 0. The molecule has 1 aliphatic heterocycles. The Morgan fingerprint density at radius 3 is 3.00 bits per heavy atom. The first-order valence-corrected chi connectivity index (χ1v) is 6.96. The molecular weight excluding hydrogens is 236 g/mol. The zero-order valence-corrected chi connectivity index (χ0v) is 11.3. The standard InChI is InChI=1S/C15H18N4/c1-19-14(7-8-18-19)15-11(9-16)10-17-13-6-4-2-3-5-12(13)15/h7-8,12H,2-6,10H2,1H3. The van der Waals surface area contributed by atoms with Crippen molar-refractivity contribution in [2.75, 3.05) is 6.54 Å². The van der Waals surface area contributed by atoms with E-state index in [4.69, 9.17) is 0 Å². The van der Waals surface area contributed by atoms with Gasteiger partial charge in [0.05, 0.1) is 23.9 Å². The van der Waals surface area contributed by atoms with Gasteiger partial charge in [-0.1, -0.05) is 12.8 Å². The molecule has 1 atom stereocenters. The Balaban J connectivity index is 2.08. The van der Waals surface area contributed by atoms with E-state index in [9.17, 15) is 5.26 Å². The van der Waals surface area contributed by atoms with Gasteiger partial charge in [0, 0.05) is 30.4 Å². The van der Waals surface area contributed by atoms with Gasteiger partial charge in [0.1, 0.15) is 0 Å². The largest absolute Gasteiger partial charge is 0.288 e. The molecule has 1 saturated carbocycles. The van der Waals surface area contributed by atoms with Gasteiger partial charge >= 0.3 is 0 Å². The van der Waals surface area contributed by atoms with Crippen molar-refractivity contribution in [1.29, 1.82) is 5.26 Å². The van der Waals surface area contributed by atoms with E-state index in [0.29, 0.717) is 12.5 Å². The summed E-state index contributed by atoms with van der Waals surface area (Å²) in [5.74, 6) is 0.335. The number of aromatic nitrogens is 2. The van der Waals surface area contributed by atoms with Crippen molar-refractivity contribution in [2.45, 2.75) is 32.1 Å². The minimum Gasteiger partial charge on any atom is -0.288 e. The first-order chi connectivity index (χ1) is 9.31. The average Bonchev–Trinajstić information content (AvgIpc) is 2.71. The molecule has 0 radical (unpaired) electrons. The van der Waals surface area contributed by atoms with Crippen molar-refractivity contribution in [3.8, 4) is 6.07 Å². The number of hydrogen-bond donors (Lipinski definition) is 0. The molecule has 1 aromatic heterocycles. The molecule has 2 aliphatic rings. The number of dihydropyridines is 1. The number of fused-ring (bicyclic) bond motifs is 1. The molecule has 0 N–H and O–H groups in total. The van der Waals surface area contributed by atoms with Crippen molar-refractivity contribution in [1.82, 2.24) is 9.78 Å².